The van der Waals surface area contributed by atoms with E-state index < -0.39 is 20.4 Å². The third-order valence-corrected chi connectivity index (χ3v) is 12.7. The van der Waals surface area contributed by atoms with Crippen molar-refractivity contribution in [3.63, 3.8) is 0 Å². The smallest absolute Gasteiger partial charge is 0.330 e. The van der Waals surface area contributed by atoms with Crippen LogP contribution in [0.2, 0.25) is 18.1 Å². The molecule has 0 aliphatic carbocycles. The van der Waals surface area contributed by atoms with Gasteiger partial charge in [-0.15, -0.1) is 11.3 Å². The van der Waals surface area contributed by atoms with Crippen LogP contribution in [0.15, 0.2) is 39.8 Å². The van der Waals surface area contributed by atoms with Crippen LogP contribution in [0, 0.1) is 0 Å². The molecule has 9 heteroatoms. The standard InChI is InChI=1S/C27H42INO5SSi/c1-10-25(30)34-22(17-32-36(8,9)27(5,6)7)15-24-29-23(18-35-24)20(3)12-11-13-26(31)33-21(4)14-19(2)16-28/h10-11,13,16,18,20-22H,1,12,14-15,17H2,2-9H3/b13-11+,19-16+/t20-,21-,22+/m0/s1. The number of hydrogen-bond acceptors (Lipinski definition) is 7. The molecule has 0 fully saturated rings. The Balaban J connectivity index is 2.72. The van der Waals surface area contributed by atoms with Crippen LogP contribution in [0.25, 0.3) is 0 Å². The maximum Gasteiger partial charge on any atom is 0.330 e. The van der Waals surface area contributed by atoms with Gasteiger partial charge in [0.15, 0.2) is 8.32 Å². The van der Waals surface area contributed by atoms with E-state index >= 15 is 0 Å². The van der Waals surface area contributed by atoms with Gasteiger partial charge in [-0.2, -0.15) is 0 Å². The van der Waals surface area contributed by atoms with Crippen LogP contribution in [0.3, 0.4) is 0 Å². The molecular weight excluding hydrogens is 605 g/mol. The molecule has 0 radical (unpaired) electrons. The highest BCUT2D eigenvalue weighted by molar-refractivity contribution is 14.1. The number of allylic oxidation sites excluding steroid dienone is 1. The summed E-state index contributed by atoms with van der Waals surface area (Å²) < 4.78 is 19.3. The number of hydrogen-bond donors (Lipinski definition) is 0. The molecule has 202 valence electrons. The highest BCUT2D eigenvalue weighted by Crippen LogP contribution is 2.36. The number of ether oxygens (including phenoxy) is 2. The molecule has 3 atom stereocenters. The summed E-state index contributed by atoms with van der Waals surface area (Å²) in [5.74, 6) is -0.655. The zero-order valence-electron chi connectivity index (χ0n) is 22.9. The topological polar surface area (TPSA) is 74.7 Å². The number of carbonyl (C=O) groups excluding carboxylic acids is 2. The minimum absolute atomic E-state index is 0.0625. The molecule has 0 aromatic carbocycles. The minimum Gasteiger partial charge on any atom is -0.459 e. The van der Waals surface area contributed by atoms with Gasteiger partial charge in [-0.3, -0.25) is 0 Å². The molecule has 0 aliphatic rings. The zero-order valence-corrected chi connectivity index (χ0v) is 26.9. The fourth-order valence-electron chi connectivity index (χ4n) is 2.97. The Kier molecular flexibility index (Phi) is 13.8. The number of carbonyl (C=O) groups is 2. The van der Waals surface area contributed by atoms with Crippen molar-refractivity contribution < 1.29 is 23.5 Å². The summed E-state index contributed by atoms with van der Waals surface area (Å²) in [6.45, 7) is 20.7. The monoisotopic (exact) mass is 647 g/mol. The van der Waals surface area contributed by atoms with Crippen LogP contribution < -0.4 is 0 Å². The lowest BCUT2D eigenvalue weighted by Gasteiger charge is -2.37. The number of rotatable bonds is 14. The van der Waals surface area contributed by atoms with Gasteiger partial charge in [-0.25, -0.2) is 14.6 Å². The van der Waals surface area contributed by atoms with Gasteiger partial charge in [0.2, 0.25) is 0 Å². The third kappa shape index (κ3) is 11.8. The van der Waals surface area contributed by atoms with E-state index in [2.05, 4.69) is 70.0 Å². The Bertz CT molecular complexity index is 935. The molecule has 0 aliphatic heterocycles. The first-order valence-corrected chi connectivity index (χ1v) is 17.3. The van der Waals surface area contributed by atoms with Crippen LogP contribution >= 0.6 is 33.9 Å². The fourth-order valence-corrected chi connectivity index (χ4v) is 5.24. The van der Waals surface area contributed by atoms with Crippen molar-refractivity contribution in [1.29, 1.82) is 0 Å². The molecule has 1 heterocycles. The van der Waals surface area contributed by atoms with Crippen LogP contribution in [0.1, 0.15) is 71.0 Å². The van der Waals surface area contributed by atoms with Gasteiger partial charge < -0.3 is 13.9 Å². The fraction of sp³-hybridized carbons (Fsp3) is 0.593. The normalized spacial score (nSPS) is 15.4. The van der Waals surface area contributed by atoms with Gasteiger partial charge in [0.05, 0.1) is 17.3 Å². The number of halogens is 1. The van der Waals surface area contributed by atoms with Crippen molar-refractivity contribution in [3.05, 3.63) is 50.5 Å². The highest BCUT2D eigenvalue weighted by atomic mass is 127. The first-order valence-electron chi connectivity index (χ1n) is 12.2. The molecule has 0 saturated heterocycles. The molecule has 0 unspecified atom stereocenters. The number of thiazole rings is 1. The minimum atomic E-state index is -1.99. The lowest BCUT2D eigenvalue weighted by Crippen LogP contribution is -2.43. The number of esters is 2. The van der Waals surface area contributed by atoms with E-state index in [0.29, 0.717) is 19.4 Å². The summed E-state index contributed by atoms with van der Waals surface area (Å²) in [6.07, 6.45) is 5.79. The average molecular weight is 648 g/mol. The number of nitrogens with zero attached hydrogens (tertiary/aromatic N) is 1. The Morgan fingerprint density at radius 2 is 1.89 bits per heavy atom. The lowest BCUT2D eigenvalue weighted by molar-refractivity contribution is -0.144. The summed E-state index contributed by atoms with van der Waals surface area (Å²) in [4.78, 5) is 28.7. The Morgan fingerprint density at radius 3 is 2.47 bits per heavy atom. The summed E-state index contributed by atoms with van der Waals surface area (Å²) in [7, 11) is -1.99. The average Bonchev–Trinajstić information content (AvgIpc) is 3.24. The van der Waals surface area contributed by atoms with Gasteiger partial charge in [-0.05, 0) is 42.5 Å². The number of aromatic nitrogens is 1. The van der Waals surface area contributed by atoms with E-state index in [-0.39, 0.29) is 23.0 Å². The van der Waals surface area contributed by atoms with Crippen molar-refractivity contribution in [1.82, 2.24) is 4.98 Å². The SMILES string of the molecule is C=CC(=O)O[C@@H](CO[Si](C)(C)C(C)(C)C)Cc1nc([C@@H](C)C/C=C/C(=O)O[C@@H](C)C/C(C)=C/I)cs1. The van der Waals surface area contributed by atoms with Crippen molar-refractivity contribution in [2.45, 2.75) is 97.1 Å². The van der Waals surface area contributed by atoms with Crippen LogP contribution in [-0.2, 0) is 29.9 Å². The van der Waals surface area contributed by atoms with Crippen molar-refractivity contribution >= 4 is 54.2 Å². The Labute approximate surface area is 235 Å². The molecular formula is C27H42INO5SSi. The highest BCUT2D eigenvalue weighted by Gasteiger charge is 2.38. The van der Waals surface area contributed by atoms with Crippen LogP contribution in [0.4, 0.5) is 0 Å². The second-order valence-corrected chi connectivity index (χ2v) is 17.0. The summed E-state index contributed by atoms with van der Waals surface area (Å²) in [5.41, 5.74) is 2.13. The van der Waals surface area contributed by atoms with Crippen LogP contribution in [-0.4, -0.2) is 44.1 Å². The Hall–Kier alpha value is -1.30. The van der Waals surface area contributed by atoms with Gasteiger partial charge in [0, 0.05) is 36.3 Å². The van der Waals surface area contributed by atoms with E-state index in [1.54, 1.807) is 11.3 Å². The largest absolute Gasteiger partial charge is 0.459 e. The summed E-state index contributed by atoms with van der Waals surface area (Å²) >= 11 is 3.73. The molecule has 1 aromatic rings. The van der Waals surface area contributed by atoms with Crippen molar-refractivity contribution in [2.24, 2.45) is 0 Å². The van der Waals surface area contributed by atoms with Gasteiger partial charge in [0.1, 0.15) is 12.2 Å². The van der Waals surface area contributed by atoms with E-state index in [0.717, 1.165) is 17.1 Å². The van der Waals surface area contributed by atoms with Crippen LogP contribution in [0.5, 0.6) is 0 Å². The second-order valence-electron chi connectivity index (χ2n) is 10.7. The molecule has 0 spiro atoms. The predicted octanol–water partition coefficient (Wildman–Crippen LogP) is 7.52. The Morgan fingerprint density at radius 1 is 1.22 bits per heavy atom. The maximum atomic E-state index is 12.1. The van der Waals surface area contributed by atoms with Gasteiger partial charge in [0.25, 0.3) is 0 Å². The van der Waals surface area contributed by atoms with Crippen molar-refractivity contribution in [3.8, 4) is 0 Å². The first-order chi connectivity index (χ1) is 16.7. The summed E-state index contributed by atoms with van der Waals surface area (Å²) in [6, 6.07) is 0. The molecule has 0 amide bonds. The van der Waals surface area contributed by atoms with E-state index in [1.807, 2.05) is 29.4 Å². The van der Waals surface area contributed by atoms with E-state index in [1.165, 1.54) is 17.7 Å². The molecule has 1 rings (SSSR count). The molecule has 1 aromatic heterocycles. The molecule has 0 N–H and O–H groups in total. The quantitative estimate of drug-likeness (QED) is 0.0901. The molecule has 36 heavy (non-hydrogen) atoms. The third-order valence-electron chi connectivity index (χ3n) is 6.22. The molecule has 6 nitrogen and oxygen atoms in total. The van der Waals surface area contributed by atoms with Gasteiger partial charge >= 0.3 is 11.9 Å². The van der Waals surface area contributed by atoms with Gasteiger partial charge in [-0.1, -0.05) is 68.5 Å². The van der Waals surface area contributed by atoms with E-state index in [4.69, 9.17) is 18.9 Å². The maximum absolute atomic E-state index is 12.1. The van der Waals surface area contributed by atoms with E-state index in [9.17, 15) is 9.59 Å². The zero-order chi connectivity index (χ0) is 27.5. The predicted molar refractivity (Wildman–Crippen MR) is 159 cm³/mol. The van der Waals surface area contributed by atoms with Crippen molar-refractivity contribution in [2.75, 3.05) is 6.61 Å². The second kappa shape index (κ2) is 15.2. The lowest BCUT2D eigenvalue weighted by atomic mass is 10.0. The molecule has 0 saturated carbocycles. The molecule has 0 bridgehead atoms. The summed E-state index contributed by atoms with van der Waals surface area (Å²) in [5, 5.41) is 2.97. The first kappa shape index (κ1) is 32.7.